The number of benzene rings is 2. The molecule has 29 heavy (non-hydrogen) atoms. The van der Waals surface area contributed by atoms with Crippen LogP contribution in [-0.4, -0.2) is 51.4 Å². The Balaban J connectivity index is 1.60. The molecule has 1 aliphatic heterocycles. The fourth-order valence-corrected chi connectivity index (χ4v) is 3.97. The molecule has 5 atom stereocenters. The molecule has 2 aromatic carbocycles. The first-order valence-electron chi connectivity index (χ1n) is 9.94. The van der Waals surface area contributed by atoms with Crippen molar-refractivity contribution in [3.05, 3.63) is 70.3 Å². The van der Waals surface area contributed by atoms with Crippen LogP contribution >= 0.6 is 0 Å². The quantitative estimate of drug-likeness (QED) is 0.611. The number of hydrogen-bond acceptors (Lipinski definition) is 6. The lowest BCUT2D eigenvalue weighted by Crippen LogP contribution is -2.55. The van der Waals surface area contributed by atoms with Gasteiger partial charge in [0.25, 0.3) is 0 Å². The molecule has 1 heterocycles. The van der Waals surface area contributed by atoms with Gasteiger partial charge in [0.15, 0.2) is 0 Å². The fourth-order valence-electron chi connectivity index (χ4n) is 3.97. The number of ether oxygens (including phenoxy) is 1. The minimum Gasteiger partial charge on any atom is -0.394 e. The zero-order valence-corrected chi connectivity index (χ0v) is 16.0. The van der Waals surface area contributed by atoms with Crippen molar-refractivity contribution in [2.75, 3.05) is 6.61 Å². The summed E-state index contributed by atoms with van der Waals surface area (Å²) < 4.78 is 5.65. The maximum absolute atomic E-state index is 10.4. The molecule has 1 aliphatic carbocycles. The van der Waals surface area contributed by atoms with Crippen LogP contribution in [0.25, 0.3) is 0 Å². The molecular weight excluding hydrogens is 370 g/mol. The Hall–Kier alpha value is -2.27. The number of nitrogens with zero attached hydrogens (tertiary/aromatic N) is 1. The number of rotatable bonds is 5. The highest BCUT2D eigenvalue weighted by atomic mass is 16.5. The molecule has 2 aromatic rings. The van der Waals surface area contributed by atoms with E-state index < -0.39 is 37.1 Å². The van der Waals surface area contributed by atoms with Crippen LogP contribution in [0, 0.1) is 11.3 Å². The van der Waals surface area contributed by atoms with Crippen molar-refractivity contribution in [1.82, 2.24) is 0 Å². The SMILES string of the molecule is N#Cc1ccc([C@@H]2O[C@H](CO)[C@@H](O)[C@H](O)[C@H]2O)cc1Cc1ccc(C2CC2)cc1. The summed E-state index contributed by atoms with van der Waals surface area (Å²) in [5.74, 6) is 0.688. The van der Waals surface area contributed by atoms with Crippen LogP contribution in [0.4, 0.5) is 0 Å². The van der Waals surface area contributed by atoms with E-state index in [0.29, 0.717) is 23.5 Å². The lowest BCUT2D eigenvalue weighted by Gasteiger charge is -2.40. The van der Waals surface area contributed by atoms with Crippen LogP contribution in [0.2, 0.25) is 0 Å². The van der Waals surface area contributed by atoms with Gasteiger partial charge >= 0.3 is 0 Å². The third-order valence-corrected chi connectivity index (χ3v) is 5.89. The molecule has 2 aliphatic rings. The van der Waals surface area contributed by atoms with Crippen molar-refractivity contribution < 1.29 is 25.2 Å². The highest BCUT2D eigenvalue weighted by molar-refractivity contribution is 5.44. The van der Waals surface area contributed by atoms with E-state index in [0.717, 1.165) is 11.1 Å². The number of nitriles is 1. The van der Waals surface area contributed by atoms with E-state index in [2.05, 4.69) is 30.3 Å². The third kappa shape index (κ3) is 4.06. The van der Waals surface area contributed by atoms with Gasteiger partial charge in [0.1, 0.15) is 30.5 Å². The van der Waals surface area contributed by atoms with Gasteiger partial charge in [-0.1, -0.05) is 36.4 Å². The van der Waals surface area contributed by atoms with Crippen LogP contribution in [-0.2, 0) is 11.2 Å². The van der Waals surface area contributed by atoms with Crippen molar-refractivity contribution in [2.45, 2.75) is 55.7 Å². The molecule has 0 bridgehead atoms. The molecule has 0 unspecified atom stereocenters. The molecule has 4 N–H and O–H groups in total. The van der Waals surface area contributed by atoms with Gasteiger partial charge in [-0.3, -0.25) is 0 Å². The largest absolute Gasteiger partial charge is 0.394 e. The summed E-state index contributed by atoms with van der Waals surface area (Å²) in [6.07, 6.45) is -2.99. The molecule has 4 rings (SSSR count). The highest BCUT2D eigenvalue weighted by Gasteiger charge is 2.44. The Morgan fingerprint density at radius 3 is 2.24 bits per heavy atom. The fraction of sp³-hybridized carbons (Fsp3) is 0.435. The monoisotopic (exact) mass is 395 g/mol. The lowest BCUT2D eigenvalue weighted by atomic mass is 9.89. The van der Waals surface area contributed by atoms with E-state index in [9.17, 15) is 25.7 Å². The highest BCUT2D eigenvalue weighted by Crippen LogP contribution is 2.40. The first-order valence-corrected chi connectivity index (χ1v) is 9.94. The van der Waals surface area contributed by atoms with E-state index in [4.69, 9.17) is 4.74 Å². The van der Waals surface area contributed by atoms with Gasteiger partial charge in [0.05, 0.1) is 18.2 Å². The van der Waals surface area contributed by atoms with E-state index in [-0.39, 0.29) is 0 Å². The van der Waals surface area contributed by atoms with Gasteiger partial charge in [-0.2, -0.15) is 5.26 Å². The molecule has 0 amide bonds. The number of hydrogen-bond donors (Lipinski definition) is 4. The molecule has 152 valence electrons. The van der Waals surface area contributed by atoms with Crippen LogP contribution in [0.5, 0.6) is 0 Å². The molecule has 1 saturated heterocycles. The predicted octanol–water partition coefficient (Wildman–Crippen LogP) is 1.54. The Kier molecular flexibility index (Phi) is 5.68. The van der Waals surface area contributed by atoms with Gasteiger partial charge in [0.2, 0.25) is 0 Å². The first kappa shape index (κ1) is 20.0. The summed E-state index contributed by atoms with van der Waals surface area (Å²) in [5.41, 5.74) is 4.34. The summed E-state index contributed by atoms with van der Waals surface area (Å²) >= 11 is 0. The van der Waals surface area contributed by atoms with Gasteiger partial charge in [-0.25, -0.2) is 0 Å². The van der Waals surface area contributed by atoms with Crippen molar-refractivity contribution in [3.63, 3.8) is 0 Å². The Morgan fingerprint density at radius 1 is 0.931 bits per heavy atom. The summed E-state index contributed by atoms with van der Waals surface area (Å²) in [5, 5.41) is 49.3. The molecule has 2 fully saturated rings. The van der Waals surface area contributed by atoms with E-state index >= 15 is 0 Å². The maximum atomic E-state index is 10.4. The zero-order valence-electron chi connectivity index (χ0n) is 16.0. The third-order valence-electron chi connectivity index (χ3n) is 5.89. The summed E-state index contributed by atoms with van der Waals surface area (Å²) in [6.45, 7) is -0.474. The Bertz CT molecular complexity index is 900. The topological polar surface area (TPSA) is 114 Å². The van der Waals surface area contributed by atoms with Gasteiger partial charge in [-0.05, 0) is 53.5 Å². The van der Waals surface area contributed by atoms with Crippen molar-refractivity contribution in [2.24, 2.45) is 0 Å². The molecule has 0 radical (unpaired) electrons. The second-order valence-corrected chi connectivity index (χ2v) is 7.97. The molecule has 1 saturated carbocycles. The van der Waals surface area contributed by atoms with Crippen LogP contribution in [0.15, 0.2) is 42.5 Å². The average molecular weight is 395 g/mol. The maximum Gasteiger partial charge on any atom is 0.113 e. The standard InChI is InChI=1S/C23H25NO5/c24-11-17-8-7-16(23-22(28)21(27)20(26)19(12-25)29-23)10-18(17)9-13-1-3-14(4-2-13)15-5-6-15/h1-4,7-8,10,15,19-23,25-28H,5-6,9,12H2/t19-,20-,21+,22-,23+/m1/s1. The smallest absolute Gasteiger partial charge is 0.113 e. The average Bonchev–Trinajstić information content (AvgIpc) is 3.58. The second-order valence-electron chi connectivity index (χ2n) is 7.97. The summed E-state index contributed by atoms with van der Waals surface area (Å²) in [4.78, 5) is 0. The van der Waals surface area contributed by atoms with Crippen molar-refractivity contribution in [3.8, 4) is 6.07 Å². The zero-order chi connectivity index (χ0) is 20.5. The van der Waals surface area contributed by atoms with Crippen LogP contribution in [0.1, 0.15) is 52.7 Å². The first-order chi connectivity index (χ1) is 14.0. The normalized spacial score (nSPS) is 29.4. The summed E-state index contributed by atoms with van der Waals surface area (Å²) in [6, 6.07) is 15.8. The van der Waals surface area contributed by atoms with Gasteiger partial charge in [0, 0.05) is 0 Å². The minimum atomic E-state index is -1.43. The number of aliphatic hydroxyl groups is 4. The van der Waals surface area contributed by atoms with Gasteiger partial charge in [-0.15, -0.1) is 0 Å². The van der Waals surface area contributed by atoms with E-state index in [1.807, 2.05) is 0 Å². The number of aliphatic hydroxyl groups excluding tert-OH is 4. The summed E-state index contributed by atoms with van der Waals surface area (Å²) in [7, 11) is 0. The Morgan fingerprint density at radius 2 is 1.62 bits per heavy atom. The van der Waals surface area contributed by atoms with E-state index in [1.54, 1.807) is 18.2 Å². The molecule has 6 nitrogen and oxygen atoms in total. The van der Waals surface area contributed by atoms with Crippen LogP contribution < -0.4 is 0 Å². The van der Waals surface area contributed by atoms with Crippen molar-refractivity contribution >= 4 is 0 Å². The molecule has 6 heteroatoms. The van der Waals surface area contributed by atoms with Crippen LogP contribution in [0.3, 0.4) is 0 Å². The predicted molar refractivity (Wildman–Crippen MR) is 105 cm³/mol. The Labute approximate surface area is 169 Å². The lowest BCUT2D eigenvalue weighted by molar-refractivity contribution is -0.231. The molecular formula is C23H25NO5. The molecule has 0 spiro atoms. The van der Waals surface area contributed by atoms with Gasteiger partial charge < -0.3 is 25.2 Å². The minimum absolute atomic E-state index is 0.474. The molecule has 0 aromatic heterocycles. The van der Waals surface area contributed by atoms with Crippen molar-refractivity contribution in [1.29, 1.82) is 5.26 Å². The van der Waals surface area contributed by atoms with E-state index in [1.165, 1.54) is 18.4 Å². The second kappa shape index (κ2) is 8.23.